The number of carbonyl (C=O) groups excluding carboxylic acids is 1. The van der Waals surface area contributed by atoms with E-state index >= 15 is 0 Å². The highest BCUT2D eigenvalue weighted by Crippen LogP contribution is 2.31. The van der Waals surface area contributed by atoms with E-state index in [1.54, 1.807) is 37.3 Å². The lowest BCUT2D eigenvalue weighted by Crippen LogP contribution is -2.19. The number of hydrogen-bond acceptors (Lipinski definition) is 6. The van der Waals surface area contributed by atoms with Crippen molar-refractivity contribution in [2.24, 2.45) is 5.16 Å². The molecule has 0 fully saturated rings. The number of ketones is 1. The van der Waals surface area contributed by atoms with E-state index in [1.807, 2.05) is 0 Å². The molecule has 0 amide bonds. The van der Waals surface area contributed by atoms with Crippen LogP contribution in [0, 0.1) is 12.7 Å². The second-order valence-corrected chi connectivity index (χ2v) is 6.91. The van der Waals surface area contributed by atoms with E-state index in [2.05, 4.69) is 15.0 Å². The molecule has 1 aromatic heterocycles. The topological polar surface area (TPSA) is 88.9 Å². The summed E-state index contributed by atoms with van der Waals surface area (Å²) in [5.74, 6) is -2.24. The molecule has 1 heterocycles. The minimum Gasteiger partial charge on any atom is -0.476 e. The number of carboxylic acids is 1. The van der Waals surface area contributed by atoms with Gasteiger partial charge in [-0.1, -0.05) is 41.6 Å². The maximum atomic E-state index is 14.1. The smallest absolute Gasteiger partial charge is 0.358 e. The quantitative estimate of drug-likeness (QED) is 0.386. The number of aliphatic carboxylic acids is 1. The number of hydrogen-bond donors (Lipinski definition) is 1. The van der Waals surface area contributed by atoms with Crippen molar-refractivity contribution in [3.63, 3.8) is 0 Å². The van der Waals surface area contributed by atoms with Crippen LogP contribution in [0.3, 0.4) is 0 Å². The maximum absolute atomic E-state index is 14.1. The van der Waals surface area contributed by atoms with Gasteiger partial charge in [-0.2, -0.15) is 0 Å². The molecule has 0 aliphatic rings. The maximum Gasteiger partial charge on any atom is 0.358 e. The lowest BCUT2D eigenvalue weighted by molar-refractivity contribution is -0.129. The van der Waals surface area contributed by atoms with Crippen molar-refractivity contribution < 1.29 is 23.9 Å². The molecule has 0 unspecified atom stereocenters. The first-order valence-electron chi connectivity index (χ1n) is 8.15. The predicted octanol–water partition coefficient (Wildman–Crippen LogP) is 3.92. The molecule has 0 saturated heterocycles. The van der Waals surface area contributed by atoms with Gasteiger partial charge in [0.15, 0.2) is 5.71 Å². The highest BCUT2D eigenvalue weighted by atomic mass is 32.1. The van der Waals surface area contributed by atoms with Gasteiger partial charge in [-0.25, -0.2) is 14.2 Å². The van der Waals surface area contributed by atoms with E-state index in [0.717, 1.165) is 0 Å². The number of halogens is 1. The Morgan fingerprint density at radius 1 is 1.11 bits per heavy atom. The molecule has 0 saturated carbocycles. The Bertz CT molecular complexity index is 1090. The van der Waals surface area contributed by atoms with Gasteiger partial charge in [-0.3, -0.25) is 4.79 Å². The molecule has 28 heavy (non-hydrogen) atoms. The number of aryl methyl sites for hydroxylation is 1. The summed E-state index contributed by atoms with van der Waals surface area (Å²) in [4.78, 5) is 34.1. The number of carbonyl (C=O) groups is 2. The van der Waals surface area contributed by atoms with E-state index in [1.165, 1.54) is 36.6 Å². The number of benzene rings is 2. The van der Waals surface area contributed by atoms with Crippen LogP contribution in [0.4, 0.5) is 4.39 Å². The summed E-state index contributed by atoms with van der Waals surface area (Å²) in [6.45, 7) is 1.71. The van der Waals surface area contributed by atoms with E-state index in [4.69, 9.17) is 0 Å². The summed E-state index contributed by atoms with van der Waals surface area (Å²) in [6.07, 6.45) is 0. The first-order valence-corrected chi connectivity index (χ1v) is 8.96. The fourth-order valence-electron chi connectivity index (χ4n) is 2.67. The summed E-state index contributed by atoms with van der Waals surface area (Å²) >= 11 is 1.19. The summed E-state index contributed by atoms with van der Waals surface area (Å²) in [5, 5.41) is 13.3. The molecule has 0 atom stereocenters. The van der Waals surface area contributed by atoms with E-state index in [9.17, 15) is 19.1 Å². The fraction of sp³-hybridized carbons (Fsp3) is 0.100. The Balaban J connectivity index is 2.09. The average molecular weight is 398 g/mol. The van der Waals surface area contributed by atoms with E-state index < -0.39 is 23.3 Å². The Morgan fingerprint density at radius 3 is 2.39 bits per heavy atom. The summed E-state index contributed by atoms with van der Waals surface area (Å²) < 4.78 is 14.1. The molecule has 3 aromatic rings. The standard InChI is InChI=1S/C20H15FN2O4S/c1-11-16(22-19(28-11)14-9-5-6-10-15(14)21)18(24)13-8-4-3-7-12(13)17(20(25)26)23-27-2/h3-10H,1-2H3,(H,25,26)/b23-17+. The van der Waals surface area contributed by atoms with Crippen molar-refractivity contribution in [2.45, 2.75) is 6.92 Å². The third kappa shape index (κ3) is 3.67. The van der Waals surface area contributed by atoms with Crippen LogP contribution in [0.2, 0.25) is 0 Å². The zero-order valence-electron chi connectivity index (χ0n) is 15.0. The first-order chi connectivity index (χ1) is 13.4. The van der Waals surface area contributed by atoms with Crippen molar-refractivity contribution in [3.05, 3.63) is 76.0 Å². The summed E-state index contributed by atoms with van der Waals surface area (Å²) in [5.41, 5.74) is 0.275. The molecule has 3 rings (SSSR count). The Hall–Kier alpha value is -3.39. The molecular formula is C20H15FN2O4S. The highest BCUT2D eigenvalue weighted by Gasteiger charge is 2.25. The Labute approximate surface area is 163 Å². The second kappa shape index (κ2) is 8.10. The number of rotatable bonds is 6. The third-order valence-electron chi connectivity index (χ3n) is 3.93. The lowest BCUT2D eigenvalue weighted by Gasteiger charge is -2.07. The molecule has 0 aliphatic heterocycles. The average Bonchev–Trinajstić information content (AvgIpc) is 3.07. The van der Waals surface area contributed by atoms with Crippen molar-refractivity contribution >= 4 is 28.8 Å². The molecule has 0 radical (unpaired) electrons. The van der Waals surface area contributed by atoms with Crippen LogP contribution in [0.25, 0.3) is 10.6 Å². The van der Waals surface area contributed by atoms with Crippen LogP contribution in [0.15, 0.2) is 53.7 Å². The van der Waals surface area contributed by atoms with Gasteiger partial charge in [-0.15, -0.1) is 11.3 Å². The zero-order chi connectivity index (χ0) is 20.3. The number of thiazole rings is 1. The van der Waals surface area contributed by atoms with Crippen LogP contribution in [0.1, 0.15) is 26.5 Å². The summed E-state index contributed by atoms with van der Waals surface area (Å²) in [7, 11) is 1.22. The van der Waals surface area contributed by atoms with Crippen molar-refractivity contribution in [1.29, 1.82) is 0 Å². The zero-order valence-corrected chi connectivity index (χ0v) is 15.8. The van der Waals surface area contributed by atoms with Gasteiger partial charge < -0.3 is 9.94 Å². The van der Waals surface area contributed by atoms with Gasteiger partial charge in [0.25, 0.3) is 0 Å². The molecule has 8 heteroatoms. The van der Waals surface area contributed by atoms with Gasteiger partial charge in [0.1, 0.15) is 23.6 Å². The Morgan fingerprint density at radius 2 is 1.75 bits per heavy atom. The van der Waals surface area contributed by atoms with Crippen molar-refractivity contribution in [1.82, 2.24) is 4.98 Å². The third-order valence-corrected chi connectivity index (χ3v) is 4.93. The van der Waals surface area contributed by atoms with Gasteiger partial charge >= 0.3 is 5.97 Å². The van der Waals surface area contributed by atoms with Crippen LogP contribution >= 0.6 is 11.3 Å². The van der Waals surface area contributed by atoms with Gasteiger partial charge in [-0.05, 0) is 19.1 Å². The normalized spacial score (nSPS) is 11.3. The first kappa shape index (κ1) is 19.4. The van der Waals surface area contributed by atoms with Crippen molar-refractivity contribution in [3.8, 4) is 10.6 Å². The second-order valence-electron chi connectivity index (χ2n) is 5.71. The van der Waals surface area contributed by atoms with Gasteiger partial charge in [0.2, 0.25) is 5.78 Å². The molecule has 0 spiro atoms. The number of nitrogens with zero attached hydrogens (tertiary/aromatic N) is 2. The molecule has 2 aromatic carbocycles. The van der Waals surface area contributed by atoms with Crippen molar-refractivity contribution in [2.75, 3.05) is 7.11 Å². The number of aromatic nitrogens is 1. The van der Waals surface area contributed by atoms with Crippen LogP contribution in [-0.4, -0.2) is 34.7 Å². The molecule has 0 bridgehead atoms. The monoisotopic (exact) mass is 398 g/mol. The van der Waals surface area contributed by atoms with Crippen LogP contribution in [-0.2, 0) is 9.63 Å². The minimum absolute atomic E-state index is 0.113. The number of oxime groups is 1. The minimum atomic E-state index is -1.33. The van der Waals surface area contributed by atoms with E-state index in [0.29, 0.717) is 15.4 Å². The Kier molecular flexibility index (Phi) is 5.60. The molecular weight excluding hydrogens is 383 g/mol. The van der Waals surface area contributed by atoms with Crippen LogP contribution in [0.5, 0.6) is 0 Å². The fourth-order valence-corrected chi connectivity index (χ4v) is 3.60. The predicted molar refractivity (Wildman–Crippen MR) is 103 cm³/mol. The molecule has 0 aliphatic carbocycles. The van der Waals surface area contributed by atoms with Gasteiger partial charge in [0.05, 0.1) is 0 Å². The molecule has 142 valence electrons. The SMILES string of the molecule is CO/N=C(/C(=O)O)c1ccccc1C(=O)c1nc(-c2ccccc2F)sc1C. The lowest BCUT2D eigenvalue weighted by atomic mass is 9.98. The number of carboxylic acid groups (broad SMARTS) is 1. The highest BCUT2D eigenvalue weighted by molar-refractivity contribution is 7.15. The summed E-state index contributed by atoms with van der Waals surface area (Å²) in [6, 6.07) is 12.3. The van der Waals surface area contributed by atoms with Crippen LogP contribution < -0.4 is 0 Å². The molecule has 6 nitrogen and oxygen atoms in total. The molecule has 1 N–H and O–H groups in total. The van der Waals surface area contributed by atoms with E-state index in [-0.39, 0.29) is 16.8 Å². The largest absolute Gasteiger partial charge is 0.476 e. The van der Waals surface area contributed by atoms with Gasteiger partial charge in [0, 0.05) is 21.6 Å².